The highest BCUT2D eigenvalue weighted by molar-refractivity contribution is 6.39. The zero-order valence-corrected chi connectivity index (χ0v) is 12.1. The van der Waals surface area contributed by atoms with Gasteiger partial charge in [0.15, 0.2) is 0 Å². The highest BCUT2D eigenvalue weighted by Gasteiger charge is 2.11. The number of para-hydroxylation sites is 1. The van der Waals surface area contributed by atoms with E-state index in [0.717, 1.165) is 16.6 Å². The molecule has 100 valence electrons. The molecule has 21 heavy (non-hydrogen) atoms. The largest absolute Gasteiger partial charge is 0.457 e. The minimum atomic E-state index is 0.944. The predicted octanol–water partition coefficient (Wildman–Crippen LogP) is 3.21. The van der Waals surface area contributed by atoms with Crippen LogP contribution in [-0.4, -0.2) is 12.8 Å². The van der Waals surface area contributed by atoms with Crippen LogP contribution in [0.15, 0.2) is 59.3 Å². The van der Waals surface area contributed by atoms with Crippen LogP contribution in [0, 0.1) is 6.92 Å². The second-order valence-corrected chi connectivity index (χ2v) is 5.46. The Morgan fingerprint density at radius 1 is 1.05 bits per heavy atom. The number of rotatable bonds is 1. The molecule has 2 heterocycles. The molecule has 0 atom stereocenters. The van der Waals surface area contributed by atoms with Crippen LogP contribution in [0.1, 0.15) is 5.56 Å². The molecule has 3 heteroatoms. The van der Waals surface area contributed by atoms with Crippen molar-refractivity contribution in [2.24, 2.45) is 0 Å². The van der Waals surface area contributed by atoms with Crippen LogP contribution in [0.2, 0.25) is 0 Å². The number of aromatic nitrogens is 1. The van der Waals surface area contributed by atoms with Crippen LogP contribution in [0.5, 0.6) is 0 Å². The van der Waals surface area contributed by atoms with E-state index in [1.165, 1.54) is 27.5 Å². The Balaban J connectivity index is 2.09. The Bertz CT molecular complexity index is 971. The smallest absolute Gasteiger partial charge is 0.144 e. The van der Waals surface area contributed by atoms with E-state index in [2.05, 4.69) is 50.1 Å². The Morgan fingerprint density at radius 2 is 1.90 bits per heavy atom. The van der Waals surface area contributed by atoms with E-state index in [-0.39, 0.29) is 0 Å². The van der Waals surface area contributed by atoms with Crippen LogP contribution >= 0.6 is 0 Å². The maximum atomic E-state index is 5.99. The standard InChI is InChI=1S/C18H14BNO/c1-11-10-20-7-6-13(11)12-8-15-14-4-2-3-5-17(14)21-18(15)16(19)9-12/h2-10H,19H2,1H3. The van der Waals surface area contributed by atoms with Crippen LogP contribution in [-0.2, 0) is 0 Å². The predicted molar refractivity (Wildman–Crippen MR) is 89.9 cm³/mol. The van der Waals surface area contributed by atoms with Gasteiger partial charge in [-0.15, -0.1) is 0 Å². The normalized spacial score (nSPS) is 11.3. The summed E-state index contributed by atoms with van der Waals surface area (Å²) in [5.41, 5.74) is 6.71. The maximum Gasteiger partial charge on any atom is 0.144 e. The topological polar surface area (TPSA) is 26.0 Å². The number of aryl methyl sites for hydroxylation is 1. The lowest BCUT2D eigenvalue weighted by Crippen LogP contribution is -2.03. The quantitative estimate of drug-likeness (QED) is 0.497. The number of furan rings is 1. The van der Waals surface area contributed by atoms with Gasteiger partial charge in [0, 0.05) is 23.2 Å². The van der Waals surface area contributed by atoms with Crippen molar-refractivity contribution in [1.82, 2.24) is 4.98 Å². The average Bonchev–Trinajstić information content (AvgIpc) is 2.87. The number of hydrogen-bond acceptors (Lipinski definition) is 2. The van der Waals surface area contributed by atoms with Crippen molar-refractivity contribution in [3.63, 3.8) is 0 Å². The Hall–Kier alpha value is -2.55. The van der Waals surface area contributed by atoms with Crippen molar-refractivity contribution in [3.8, 4) is 11.1 Å². The van der Waals surface area contributed by atoms with Gasteiger partial charge in [0.05, 0.1) is 0 Å². The summed E-state index contributed by atoms with van der Waals surface area (Å²) in [7, 11) is 2.10. The second kappa shape index (κ2) is 4.49. The lowest BCUT2D eigenvalue weighted by molar-refractivity contribution is 0.671. The Kier molecular flexibility index (Phi) is 2.61. The molecule has 0 aliphatic heterocycles. The maximum absolute atomic E-state index is 5.99. The lowest BCUT2D eigenvalue weighted by atomic mass is 9.89. The van der Waals surface area contributed by atoms with E-state index in [1.54, 1.807) is 0 Å². The molecule has 0 saturated heterocycles. The van der Waals surface area contributed by atoms with Gasteiger partial charge in [-0.25, -0.2) is 0 Å². The number of pyridine rings is 1. The molecule has 0 aliphatic carbocycles. The fourth-order valence-electron chi connectivity index (χ4n) is 2.95. The van der Waals surface area contributed by atoms with Crippen molar-refractivity contribution < 1.29 is 4.42 Å². The first-order valence-corrected chi connectivity index (χ1v) is 7.07. The molecule has 2 nitrogen and oxygen atoms in total. The van der Waals surface area contributed by atoms with Crippen molar-refractivity contribution in [2.45, 2.75) is 6.92 Å². The third kappa shape index (κ3) is 1.85. The first-order valence-electron chi connectivity index (χ1n) is 7.07. The van der Waals surface area contributed by atoms with Crippen molar-refractivity contribution in [1.29, 1.82) is 0 Å². The third-order valence-corrected chi connectivity index (χ3v) is 4.00. The fraction of sp³-hybridized carbons (Fsp3) is 0.0556. The van der Waals surface area contributed by atoms with E-state index < -0.39 is 0 Å². The molecule has 0 unspecified atom stereocenters. The molecule has 0 aliphatic rings. The molecule has 4 rings (SSSR count). The molecule has 0 fully saturated rings. The van der Waals surface area contributed by atoms with Crippen molar-refractivity contribution in [2.75, 3.05) is 0 Å². The van der Waals surface area contributed by atoms with E-state index in [0.29, 0.717) is 0 Å². The molecule has 2 aromatic carbocycles. The van der Waals surface area contributed by atoms with Gasteiger partial charge >= 0.3 is 0 Å². The highest BCUT2D eigenvalue weighted by Crippen LogP contribution is 2.31. The summed E-state index contributed by atoms with van der Waals surface area (Å²) in [5.74, 6) is 0. The minimum absolute atomic E-state index is 0.944. The number of hydrogen-bond donors (Lipinski definition) is 0. The molecular weight excluding hydrogens is 257 g/mol. The third-order valence-electron chi connectivity index (χ3n) is 4.00. The molecule has 0 saturated carbocycles. The second-order valence-electron chi connectivity index (χ2n) is 5.46. The SMILES string of the molecule is Bc1cc(-c2ccncc2C)cc2c1oc1ccccc12. The van der Waals surface area contributed by atoms with Gasteiger partial charge in [-0.2, -0.15) is 0 Å². The van der Waals surface area contributed by atoms with Crippen molar-refractivity contribution in [3.05, 3.63) is 60.4 Å². The molecule has 4 aromatic rings. The van der Waals surface area contributed by atoms with Gasteiger partial charge < -0.3 is 4.42 Å². The summed E-state index contributed by atoms with van der Waals surface area (Å²) in [6, 6.07) is 14.7. The average molecular weight is 271 g/mol. The molecule has 0 bridgehead atoms. The molecule has 0 N–H and O–H groups in total. The summed E-state index contributed by atoms with van der Waals surface area (Å²) in [5, 5.41) is 2.35. The van der Waals surface area contributed by atoms with Gasteiger partial charge in [-0.05, 0) is 47.3 Å². The molecular formula is C18H14BNO. The van der Waals surface area contributed by atoms with Gasteiger partial charge in [-0.3, -0.25) is 4.98 Å². The molecule has 0 spiro atoms. The zero-order chi connectivity index (χ0) is 14.4. The molecule has 0 amide bonds. The monoisotopic (exact) mass is 271 g/mol. The van der Waals surface area contributed by atoms with E-state index in [4.69, 9.17) is 4.42 Å². The Labute approximate surface area is 123 Å². The van der Waals surface area contributed by atoms with E-state index in [9.17, 15) is 0 Å². The molecule has 2 aromatic heterocycles. The lowest BCUT2D eigenvalue weighted by Gasteiger charge is -2.07. The van der Waals surface area contributed by atoms with Gasteiger partial charge in [0.2, 0.25) is 0 Å². The van der Waals surface area contributed by atoms with E-state index >= 15 is 0 Å². The van der Waals surface area contributed by atoms with Crippen LogP contribution in [0.25, 0.3) is 33.1 Å². The minimum Gasteiger partial charge on any atom is -0.457 e. The summed E-state index contributed by atoms with van der Waals surface area (Å²) in [6.45, 7) is 2.09. The van der Waals surface area contributed by atoms with Crippen LogP contribution in [0.4, 0.5) is 0 Å². The van der Waals surface area contributed by atoms with Gasteiger partial charge in [0.1, 0.15) is 19.0 Å². The number of nitrogens with zero attached hydrogens (tertiary/aromatic N) is 1. The number of fused-ring (bicyclic) bond motifs is 3. The Morgan fingerprint density at radius 3 is 2.76 bits per heavy atom. The zero-order valence-electron chi connectivity index (χ0n) is 12.1. The van der Waals surface area contributed by atoms with Crippen LogP contribution in [0.3, 0.4) is 0 Å². The summed E-state index contributed by atoms with van der Waals surface area (Å²) < 4.78 is 5.99. The summed E-state index contributed by atoms with van der Waals surface area (Å²) in [6.07, 6.45) is 3.75. The van der Waals surface area contributed by atoms with E-state index in [1.807, 2.05) is 24.5 Å². The first-order chi connectivity index (χ1) is 10.2. The van der Waals surface area contributed by atoms with Gasteiger partial charge in [-0.1, -0.05) is 24.3 Å². The number of benzene rings is 2. The van der Waals surface area contributed by atoms with Crippen molar-refractivity contribution >= 4 is 35.2 Å². The fourth-order valence-corrected chi connectivity index (χ4v) is 2.95. The first kappa shape index (κ1) is 12.2. The molecule has 0 radical (unpaired) electrons. The van der Waals surface area contributed by atoms with Crippen LogP contribution < -0.4 is 5.46 Å². The summed E-state index contributed by atoms with van der Waals surface area (Å²) >= 11 is 0. The highest BCUT2D eigenvalue weighted by atomic mass is 16.3. The van der Waals surface area contributed by atoms with Gasteiger partial charge in [0.25, 0.3) is 0 Å². The summed E-state index contributed by atoms with van der Waals surface area (Å²) in [4.78, 5) is 4.18.